The van der Waals surface area contributed by atoms with Crippen molar-refractivity contribution in [3.8, 4) is 0 Å². The zero-order chi connectivity index (χ0) is 10.2. The van der Waals surface area contributed by atoms with E-state index in [1.54, 1.807) is 0 Å². The summed E-state index contributed by atoms with van der Waals surface area (Å²) in [7, 11) is 2.43. The van der Waals surface area contributed by atoms with Crippen molar-refractivity contribution >= 4 is 9.47 Å². The first-order valence-electron chi connectivity index (χ1n) is 5.25. The van der Waals surface area contributed by atoms with Crippen molar-refractivity contribution in [1.29, 1.82) is 0 Å². The molecular weight excluding hydrogens is 179 g/mol. The lowest BCUT2D eigenvalue weighted by molar-refractivity contribution is -0.0273. The average Bonchev–Trinajstić information content (AvgIpc) is 2.08. The van der Waals surface area contributed by atoms with E-state index in [0.717, 1.165) is 11.8 Å². The second kappa shape index (κ2) is 3.87. The summed E-state index contributed by atoms with van der Waals surface area (Å²) in [6.45, 7) is 11.8. The Morgan fingerprint density at radius 3 is 2.15 bits per heavy atom. The van der Waals surface area contributed by atoms with Crippen LogP contribution in [0.5, 0.6) is 0 Å². The highest BCUT2D eigenvalue weighted by atomic mass is 31.0. The topological polar surface area (TPSA) is 9.23 Å². The van der Waals surface area contributed by atoms with Gasteiger partial charge in [0, 0.05) is 9.47 Å². The maximum absolute atomic E-state index is 5.47. The molecule has 0 saturated heterocycles. The number of rotatable bonds is 1. The Morgan fingerprint density at radius 1 is 1.15 bits per heavy atom. The van der Waals surface area contributed by atoms with Gasteiger partial charge in [0.1, 0.15) is 0 Å². The summed E-state index contributed by atoms with van der Waals surface area (Å²) < 4.78 is 5.47. The molecule has 1 rings (SSSR count). The lowest BCUT2D eigenvalue weighted by Crippen LogP contribution is -2.44. The van der Waals surface area contributed by atoms with Crippen LogP contribution in [-0.4, -0.2) is 6.10 Å². The predicted molar refractivity (Wildman–Crippen MR) is 60.5 cm³/mol. The molecule has 1 saturated carbocycles. The zero-order valence-electron chi connectivity index (χ0n) is 9.50. The Kier molecular flexibility index (Phi) is 3.41. The monoisotopic (exact) mass is 202 g/mol. The Balaban J connectivity index is 2.79. The lowest BCUT2D eigenvalue weighted by atomic mass is 9.60. The first-order valence-corrected chi connectivity index (χ1v) is 5.73. The van der Waals surface area contributed by atoms with Crippen molar-refractivity contribution in [3.63, 3.8) is 0 Å². The van der Waals surface area contributed by atoms with Crippen LogP contribution in [0.4, 0.5) is 0 Å². The van der Waals surface area contributed by atoms with E-state index in [0.29, 0.717) is 17.4 Å². The third kappa shape index (κ3) is 2.07. The van der Waals surface area contributed by atoms with Crippen LogP contribution >= 0.6 is 9.47 Å². The van der Waals surface area contributed by atoms with E-state index in [1.165, 1.54) is 6.42 Å². The van der Waals surface area contributed by atoms with Gasteiger partial charge in [0.05, 0.1) is 6.10 Å². The van der Waals surface area contributed by atoms with Crippen LogP contribution in [0.15, 0.2) is 0 Å². The fourth-order valence-corrected chi connectivity index (χ4v) is 2.91. The van der Waals surface area contributed by atoms with E-state index in [9.17, 15) is 0 Å². The normalized spacial score (nSPS) is 44.8. The Hall–Kier alpha value is 0.390. The lowest BCUT2D eigenvalue weighted by Gasteiger charge is -2.48. The van der Waals surface area contributed by atoms with Crippen LogP contribution in [0.25, 0.3) is 0 Å². The van der Waals surface area contributed by atoms with Gasteiger partial charge in [-0.05, 0) is 29.6 Å². The van der Waals surface area contributed by atoms with Gasteiger partial charge >= 0.3 is 0 Å². The van der Waals surface area contributed by atoms with E-state index in [2.05, 4.69) is 44.1 Å². The van der Waals surface area contributed by atoms with E-state index in [-0.39, 0.29) is 0 Å². The van der Waals surface area contributed by atoms with Crippen LogP contribution in [0.3, 0.4) is 0 Å². The standard InChI is InChI=1S/C11H23OP/c1-7-8(2)10(12-13)6-11(4,5)9(7)3/h7-10H,6,13H2,1-5H3. The smallest absolute Gasteiger partial charge is 0.0644 e. The van der Waals surface area contributed by atoms with Crippen molar-refractivity contribution in [3.05, 3.63) is 0 Å². The minimum atomic E-state index is 0.422. The first-order chi connectivity index (χ1) is 5.90. The molecule has 0 aromatic rings. The molecule has 5 atom stereocenters. The molecule has 0 amide bonds. The number of hydrogen-bond donors (Lipinski definition) is 0. The maximum Gasteiger partial charge on any atom is 0.0644 e. The fraction of sp³-hybridized carbons (Fsp3) is 1.00. The van der Waals surface area contributed by atoms with E-state index in [4.69, 9.17) is 4.52 Å². The molecule has 0 N–H and O–H groups in total. The Bertz CT molecular complexity index is 177. The van der Waals surface area contributed by atoms with Gasteiger partial charge in [-0.1, -0.05) is 34.6 Å². The second-order valence-electron chi connectivity index (χ2n) is 5.37. The number of hydrogen-bond acceptors (Lipinski definition) is 1. The third-order valence-electron chi connectivity index (χ3n) is 4.34. The highest BCUT2D eigenvalue weighted by Gasteiger charge is 2.42. The summed E-state index contributed by atoms with van der Waals surface area (Å²) in [5, 5.41) is 0. The van der Waals surface area contributed by atoms with Crippen molar-refractivity contribution in [2.45, 2.75) is 47.1 Å². The summed E-state index contributed by atoms with van der Waals surface area (Å²) >= 11 is 0. The molecule has 0 bridgehead atoms. The van der Waals surface area contributed by atoms with E-state index >= 15 is 0 Å². The Labute approximate surface area is 84.9 Å². The summed E-state index contributed by atoms with van der Waals surface area (Å²) in [4.78, 5) is 0. The van der Waals surface area contributed by atoms with Gasteiger partial charge in [-0.2, -0.15) is 0 Å². The van der Waals surface area contributed by atoms with Gasteiger partial charge in [0.15, 0.2) is 0 Å². The minimum Gasteiger partial charge on any atom is -0.362 e. The molecular formula is C11H23OP. The van der Waals surface area contributed by atoms with Crippen molar-refractivity contribution in [1.82, 2.24) is 0 Å². The van der Waals surface area contributed by atoms with Gasteiger partial charge in [-0.25, -0.2) is 0 Å². The molecule has 0 heterocycles. The van der Waals surface area contributed by atoms with Crippen molar-refractivity contribution in [2.24, 2.45) is 23.2 Å². The quantitative estimate of drug-likeness (QED) is 0.591. The van der Waals surface area contributed by atoms with Gasteiger partial charge in [-0.3, -0.25) is 0 Å². The van der Waals surface area contributed by atoms with Gasteiger partial charge in [0.2, 0.25) is 0 Å². The summed E-state index contributed by atoms with van der Waals surface area (Å²) in [6.07, 6.45) is 1.61. The van der Waals surface area contributed by atoms with Crippen LogP contribution in [0.2, 0.25) is 0 Å². The summed E-state index contributed by atoms with van der Waals surface area (Å²) in [5.74, 6) is 2.23. The van der Waals surface area contributed by atoms with Crippen LogP contribution < -0.4 is 0 Å². The molecule has 1 nitrogen and oxygen atoms in total. The molecule has 1 aliphatic rings. The second-order valence-corrected chi connectivity index (χ2v) is 5.65. The van der Waals surface area contributed by atoms with E-state index in [1.807, 2.05) is 0 Å². The first kappa shape index (κ1) is 11.5. The van der Waals surface area contributed by atoms with Crippen molar-refractivity contribution in [2.75, 3.05) is 0 Å². The molecule has 0 aromatic carbocycles. The summed E-state index contributed by atoms with van der Waals surface area (Å²) in [6, 6.07) is 0. The maximum atomic E-state index is 5.47. The molecule has 78 valence electrons. The van der Waals surface area contributed by atoms with Gasteiger partial charge in [0.25, 0.3) is 0 Å². The highest BCUT2D eigenvalue weighted by Crippen LogP contribution is 2.47. The molecule has 0 spiro atoms. The third-order valence-corrected chi connectivity index (χ3v) is 4.69. The molecule has 1 aliphatic carbocycles. The molecule has 0 aromatic heterocycles. The largest absolute Gasteiger partial charge is 0.362 e. The molecule has 13 heavy (non-hydrogen) atoms. The van der Waals surface area contributed by atoms with Crippen LogP contribution in [0, 0.1) is 23.2 Å². The predicted octanol–water partition coefficient (Wildman–Crippen LogP) is 3.50. The fourth-order valence-electron chi connectivity index (χ4n) is 2.57. The van der Waals surface area contributed by atoms with Gasteiger partial charge < -0.3 is 4.52 Å². The van der Waals surface area contributed by atoms with Gasteiger partial charge in [-0.15, -0.1) is 0 Å². The SMILES string of the molecule is CC1C(OP)CC(C)(C)C(C)C1C. The van der Waals surface area contributed by atoms with Crippen LogP contribution in [0.1, 0.15) is 41.0 Å². The highest BCUT2D eigenvalue weighted by molar-refractivity contribution is 7.09. The average molecular weight is 202 g/mol. The van der Waals surface area contributed by atoms with Crippen molar-refractivity contribution < 1.29 is 4.52 Å². The van der Waals surface area contributed by atoms with Crippen LogP contribution in [-0.2, 0) is 4.52 Å². The minimum absolute atomic E-state index is 0.422. The Morgan fingerprint density at radius 2 is 1.69 bits per heavy atom. The molecule has 5 unspecified atom stereocenters. The van der Waals surface area contributed by atoms with E-state index < -0.39 is 0 Å². The summed E-state index contributed by atoms with van der Waals surface area (Å²) in [5.41, 5.74) is 0.424. The molecule has 0 radical (unpaired) electrons. The molecule has 2 heteroatoms. The molecule has 1 fully saturated rings. The molecule has 0 aliphatic heterocycles. The zero-order valence-corrected chi connectivity index (χ0v) is 10.7.